The summed E-state index contributed by atoms with van der Waals surface area (Å²) in [6, 6.07) is 14.9. The van der Waals surface area contributed by atoms with Gasteiger partial charge in [0.25, 0.3) is 0 Å². The summed E-state index contributed by atoms with van der Waals surface area (Å²) in [5, 5.41) is 3.51. The van der Waals surface area contributed by atoms with Gasteiger partial charge in [0.15, 0.2) is 0 Å². The molecule has 0 unspecified atom stereocenters. The molecule has 2 aromatic rings. The Balaban J connectivity index is 1.27. The molecule has 248 valence electrons. The van der Waals surface area contributed by atoms with Gasteiger partial charge in [0.05, 0.1) is 37.7 Å². The largest absolute Gasteiger partial charge is 0.490 e. The summed E-state index contributed by atoms with van der Waals surface area (Å²) in [5.74, 6) is 0.959. The minimum atomic E-state index is -0.195. The van der Waals surface area contributed by atoms with Crippen LogP contribution in [0.15, 0.2) is 42.5 Å². The van der Waals surface area contributed by atoms with Crippen LogP contribution in [0.1, 0.15) is 48.3 Å². The molecule has 1 amide bonds. The molecule has 3 heterocycles. The van der Waals surface area contributed by atoms with Gasteiger partial charge >= 0.3 is 0 Å². The predicted octanol–water partition coefficient (Wildman–Crippen LogP) is 3.75. The van der Waals surface area contributed by atoms with Crippen molar-refractivity contribution in [2.45, 2.75) is 57.0 Å². The van der Waals surface area contributed by atoms with Crippen LogP contribution in [0, 0.1) is 0 Å². The molecule has 0 aliphatic carbocycles. The number of ether oxygens (including phenoxy) is 6. The van der Waals surface area contributed by atoms with Crippen molar-refractivity contribution >= 4 is 11.6 Å². The Kier molecular flexibility index (Phi) is 13.3. The van der Waals surface area contributed by atoms with Crippen LogP contribution in [-0.2, 0) is 41.7 Å². The van der Waals surface area contributed by atoms with Gasteiger partial charge < -0.3 is 43.5 Å². The lowest BCUT2D eigenvalue weighted by Gasteiger charge is -2.39. The first-order valence-electron chi connectivity index (χ1n) is 16.5. The third kappa shape index (κ3) is 9.64. The molecular weight excluding hydrogens is 574 g/mol. The van der Waals surface area contributed by atoms with E-state index in [1.807, 2.05) is 4.90 Å². The number of rotatable bonds is 17. The fourth-order valence-corrected chi connectivity index (χ4v) is 6.43. The molecular formula is C35H51N3O7. The number of methoxy groups -OCH3 is 2. The Bertz CT molecular complexity index is 1170. The van der Waals surface area contributed by atoms with E-state index in [2.05, 4.69) is 52.7 Å². The van der Waals surface area contributed by atoms with Crippen molar-refractivity contribution in [2.75, 3.05) is 91.4 Å². The summed E-state index contributed by atoms with van der Waals surface area (Å²) in [5.41, 5.74) is 4.48. The average molecular weight is 626 g/mol. The van der Waals surface area contributed by atoms with Crippen molar-refractivity contribution in [3.8, 4) is 5.75 Å². The lowest BCUT2D eigenvalue weighted by atomic mass is 9.85. The number of benzene rings is 2. The van der Waals surface area contributed by atoms with Crippen LogP contribution in [0.3, 0.4) is 0 Å². The highest BCUT2D eigenvalue weighted by Crippen LogP contribution is 2.35. The Labute approximate surface area is 268 Å². The average Bonchev–Trinajstić information content (AvgIpc) is 3.62. The molecule has 0 aromatic heterocycles. The van der Waals surface area contributed by atoms with Crippen molar-refractivity contribution in [2.24, 2.45) is 0 Å². The molecule has 10 nitrogen and oxygen atoms in total. The molecule has 45 heavy (non-hydrogen) atoms. The van der Waals surface area contributed by atoms with Gasteiger partial charge in [-0.3, -0.25) is 4.79 Å². The summed E-state index contributed by atoms with van der Waals surface area (Å²) in [6.07, 6.45) is 3.65. The first kappa shape index (κ1) is 33.6. The molecule has 3 aliphatic heterocycles. The fraction of sp³-hybridized carbons (Fsp3) is 0.629. The third-order valence-electron chi connectivity index (χ3n) is 8.87. The Morgan fingerprint density at radius 2 is 1.60 bits per heavy atom. The van der Waals surface area contributed by atoms with Crippen LogP contribution in [0.5, 0.6) is 5.75 Å². The van der Waals surface area contributed by atoms with Crippen molar-refractivity contribution in [3.63, 3.8) is 0 Å². The third-order valence-corrected chi connectivity index (χ3v) is 8.87. The number of hydrogen-bond acceptors (Lipinski definition) is 9. The number of carbonyl (C=O) groups is 1. The van der Waals surface area contributed by atoms with Gasteiger partial charge in [-0.2, -0.15) is 0 Å². The van der Waals surface area contributed by atoms with E-state index in [4.69, 9.17) is 28.4 Å². The molecule has 2 saturated heterocycles. The number of hydrogen-bond donors (Lipinski definition) is 1. The molecule has 2 fully saturated rings. The van der Waals surface area contributed by atoms with Crippen LogP contribution in [0.4, 0.5) is 5.69 Å². The van der Waals surface area contributed by atoms with Crippen molar-refractivity contribution < 1.29 is 33.2 Å². The van der Waals surface area contributed by atoms with Crippen LogP contribution < -0.4 is 15.0 Å². The maximum atomic E-state index is 12.9. The predicted molar refractivity (Wildman–Crippen MR) is 173 cm³/mol. The second-order valence-corrected chi connectivity index (χ2v) is 12.1. The zero-order chi connectivity index (χ0) is 31.3. The highest BCUT2D eigenvalue weighted by molar-refractivity contribution is 5.77. The quantitative estimate of drug-likeness (QED) is 0.264. The molecule has 0 spiro atoms. The molecule has 0 bridgehead atoms. The van der Waals surface area contributed by atoms with Crippen molar-refractivity contribution in [3.05, 3.63) is 59.2 Å². The number of piperidine rings is 1. The van der Waals surface area contributed by atoms with Crippen LogP contribution >= 0.6 is 0 Å². The molecule has 10 heteroatoms. The van der Waals surface area contributed by atoms with E-state index >= 15 is 0 Å². The van der Waals surface area contributed by atoms with Crippen molar-refractivity contribution in [1.29, 1.82) is 0 Å². The number of nitrogens with one attached hydrogen (secondary N) is 1. The lowest BCUT2D eigenvalue weighted by Crippen LogP contribution is -2.51. The Morgan fingerprint density at radius 1 is 0.867 bits per heavy atom. The monoisotopic (exact) mass is 625 g/mol. The second kappa shape index (κ2) is 17.8. The molecule has 2 aromatic carbocycles. The standard InChI is InChI=1S/C35H51N3O7/c1-40-17-5-15-37-16-20-43-31-12-9-28(21-30(31)37)25-44-32-22-36-23-33(45-26-34(39)38-13-3-4-14-38)35(32)29-10-7-27(8-11-29)24-42-19-6-18-41-2/h7-12,21,32-33,35-36H,3-6,13-20,22-26H2,1-2H3/t32-,33+,35+/m0/s1. The number of likely N-dealkylation sites (tertiary alicyclic amines) is 1. The normalized spacial score (nSPS) is 21.5. The van der Waals surface area contributed by atoms with Gasteiger partial charge in [-0.1, -0.05) is 30.3 Å². The molecule has 0 radical (unpaired) electrons. The summed E-state index contributed by atoms with van der Waals surface area (Å²) in [4.78, 5) is 17.2. The van der Waals surface area contributed by atoms with E-state index in [0.717, 1.165) is 86.6 Å². The van der Waals surface area contributed by atoms with Crippen LogP contribution in [-0.4, -0.2) is 110 Å². The summed E-state index contributed by atoms with van der Waals surface area (Å²) in [6.45, 7) is 8.70. The SMILES string of the molecule is COCCCOCc1ccc([C@@H]2[C@@H](OCc3ccc4c(c3)N(CCCOC)CCO4)CNC[C@H]2OCC(=O)N2CCCC2)cc1. The highest BCUT2D eigenvalue weighted by atomic mass is 16.5. The molecule has 1 N–H and O–H groups in total. The van der Waals surface area contributed by atoms with Gasteiger partial charge in [-0.25, -0.2) is 0 Å². The van der Waals surface area contributed by atoms with E-state index in [-0.39, 0.29) is 30.6 Å². The van der Waals surface area contributed by atoms with Gasteiger partial charge in [0, 0.05) is 72.7 Å². The van der Waals surface area contributed by atoms with Gasteiger partial charge in [0.1, 0.15) is 19.0 Å². The first-order valence-corrected chi connectivity index (χ1v) is 16.5. The molecule has 3 aliphatic rings. The Morgan fingerprint density at radius 3 is 2.38 bits per heavy atom. The second-order valence-electron chi connectivity index (χ2n) is 12.1. The lowest BCUT2D eigenvalue weighted by molar-refractivity contribution is -0.139. The van der Waals surface area contributed by atoms with Gasteiger partial charge in [-0.05, 0) is 54.5 Å². The van der Waals surface area contributed by atoms with Gasteiger partial charge in [0.2, 0.25) is 5.91 Å². The van der Waals surface area contributed by atoms with E-state index in [9.17, 15) is 4.79 Å². The number of nitrogens with zero attached hydrogens (tertiary/aromatic N) is 2. The van der Waals surface area contributed by atoms with E-state index < -0.39 is 0 Å². The van der Waals surface area contributed by atoms with Crippen LogP contribution in [0.25, 0.3) is 0 Å². The zero-order valence-corrected chi connectivity index (χ0v) is 27.0. The van der Waals surface area contributed by atoms with Crippen molar-refractivity contribution in [1.82, 2.24) is 10.2 Å². The minimum Gasteiger partial charge on any atom is -0.490 e. The summed E-state index contributed by atoms with van der Waals surface area (Å²) in [7, 11) is 3.45. The van der Waals surface area contributed by atoms with E-state index in [0.29, 0.717) is 46.1 Å². The van der Waals surface area contributed by atoms with Crippen LogP contribution in [0.2, 0.25) is 0 Å². The van der Waals surface area contributed by atoms with E-state index in [1.54, 1.807) is 14.2 Å². The number of amides is 1. The molecule has 5 rings (SSSR count). The summed E-state index contributed by atoms with van der Waals surface area (Å²) < 4.78 is 35.2. The topological polar surface area (TPSA) is 91.0 Å². The minimum absolute atomic E-state index is 0.0270. The molecule has 0 saturated carbocycles. The van der Waals surface area contributed by atoms with E-state index in [1.165, 1.54) is 0 Å². The maximum Gasteiger partial charge on any atom is 0.248 e. The molecule has 3 atom stereocenters. The first-order chi connectivity index (χ1) is 22.2. The fourth-order valence-electron chi connectivity index (χ4n) is 6.43. The highest BCUT2D eigenvalue weighted by Gasteiger charge is 2.37. The number of carbonyl (C=O) groups excluding carboxylic acids is 1. The number of anilines is 1. The maximum absolute atomic E-state index is 12.9. The number of fused-ring (bicyclic) bond motifs is 1. The Hall–Kier alpha value is -2.73. The smallest absolute Gasteiger partial charge is 0.248 e. The summed E-state index contributed by atoms with van der Waals surface area (Å²) >= 11 is 0. The van der Waals surface area contributed by atoms with Gasteiger partial charge in [-0.15, -0.1) is 0 Å². The zero-order valence-electron chi connectivity index (χ0n) is 27.0.